The Balaban J connectivity index is 1.76. The molecule has 174 valence electrons. The van der Waals surface area contributed by atoms with Crippen molar-refractivity contribution in [2.24, 2.45) is 16.7 Å². The number of fused-ring (bicyclic) bond motifs is 2. The number of rotatable bonds is 11. The Labute approximate surface area is 185 Å². The van der Waals surface area contributed by atoms with Crippen molar-refractivity contribution in [2.75, 3.05) is 24.2 Å². The van der Waals surface area contributed by atoms with Gasteiger partial charge in [-0.3, -0.25) is 9.59 Å². The van der Waals surface area contributed by atoms with E-state index >= 15 is 0 Å². The molecule has 2 bridgehead atoms. The number of amides is 1. The Morgan fingerprint density at radius 2 is 2.06 bits per heavy atom. The minimum atomic E-state index is -3.82. The lowest BCUT2D eigenvalue weighted by molar-refractivity contribution is -0.128. The maximum atomic E-state index is 13.5. The van der Waals surface area contributed by atoms with Gasteiger partial charge in [0.15, 0.2) is 5.82 Å². The van der Waals surface area contributed by atoms with E-state index < -0.39 is 21.3 Å². The van der Waals surface area contributed by atoms with E-state index in [-0.39, 0.29) is 41.8 Å². The maximum Gasteiger partial charge on any atom is 0.240 e. The number of hydrogen-bond acceptors (Lipinski definition) is 6. The molecule has 2 saturated carbocycles. The first-order valence-corrected chi connectivity index (χ1v) is 12.9. The largest absolute Gasteiger partial charge is 0.360 e. The van der Waals surface area contributed by atoms with Gasteiger partial charge in [-0.15, -0.1) is 0 Å². The number of ketones is 1. The van der Waals surface area contributed by atoms with E-state index in [0.29, 0.717) is 25.0 Å². The van der Waals surface area contributed by atoms with E-state index in [1.165, 1.54) is 4.31 Å². The summed E-state index contributed by atoms with van der Waals surface area (Å²) >= 11 is 0. The van der Waals surface area contributed by atoms with Crippen LogP contribution < -0.4 is 5.32 Å². The summed E-state index contributed by atoms with van der Waals surface area (Å²) in [6.07, 6.45) is 5.57. The molecule has 1 aromatic heterocycles. The number of carbonyl (C=O) groups is 2. The monoisotopic (exact) mass is 453 g/mol. The Kier molecular flexibility index (Phi) is 6.96. The number of carbonyl (C=O) groups excluding carboxylic acids is 2. The van der Waals surface area contributed by atoms with Gasteiger partial charge in [-0.25, -0.2) is 8.42 Å². The number of nitrogens with one attached hydrogen (secondary N) is 1. The molecule has 1 aromatic rings. The smallest absolute Gasteiger partial charge is 0.240 e. The number of aromatic nitrogens is 1. The van der Waals surface area contributed by atoms with E-state index in [1.807, 2.05) is 13.8 Å². The van der Waals surface area contributed by atoms with Gasteiger partial charge in [0.2, 0.25) is 15.9 Å². The van der Waals surface area contributed by atoms with Crippen LogP contribution in [0.5, 0.6) is 0 Å². The Morgan fingerprint density at radius 3 is 2.61 bits per heavy atom. The first-order valence-electron chi connectivity index (χ1n) is 11.3. The summed E-state index contributed by atoms with van der Waals surface area (Å²) in [5, 5.41) is 6.33. The lowest BCUT2D eigenvalue weighted by Crippen LogP contribution is -2.48. The fourth-order valence-electron chi connectivity index (χ4n) is 5.31. The summed E-state index contributed by atoms with van der Waals surface area (Å²) in [6.45, 7) is 7.82. The minimum absolute atomic E-state index is 0.0609. The number of sulfonamides is 1. The van der Waals surface area contributed by atoms with Gasteiger partial charge in [0.05, 0.1) is 12.3 Å². The van der Waals surface area contributed by atoms with Crippen LogP contribution in [-0.2, 0) is 19.6 Å². The minimum Gasteiger partial charge on any atom is -0.360 e. The molecule has 2 fully saturated rings. The van der Waals surface area contributed by atoms with Crippen LogP contribution in [0.15, 0.2) is 10.6 Å². The molecule has 2 aliphatic rings. The zero-order valence-electron chi connectivity index (χ0n) is 19.1. The van der Waals surface area contributed by atoms with Crippen LogP contribution in [0.25, 0.3) is 0 Å². The van der Waals surface area contributed by atoms with Crippen LogP contribution in [0.2, 0.25) is 0 Å². The number of aryl methyl sites for hydroxylation is 1. The molecule has 3 rings (SSSR count). The van der Waals surface area contributed by atoms with Crippen molar-refractivity contribution < 1.29 is 22.5 Å². The highest BCUT2D eigenvalue weighted by Crippen LogP contribution is 2.64. The van der Waals surface area contributed by atoms with Gasteiger partial charge in [-0.05, 0) is 37.5 Å². The SMILES string of the molecule is CCCCCCN(CC(=O)Nc1cc(C)on1)S(=O)(=O)CC12CCC(CC1=O)C2(C)C. The highest BCUT2D eigenvalue weighted by molar-refractivity contribution is 7.89. The van der Waals surface area contributed by atoms with Gasteiger partial charge in [-0.2, -0.15) is 4.31 Å². The number of unbranched alkanes of at least 4 members (excludes halogenated alkanes) is 3. The van der Waals surface area contributed by atoms with Gasteiger partial charge in [0.1, 0.15) is 11.5 Å². The van der Waals surface area contributed by atoms with Gasteiger partial charge >= 0.3 is 0 Å². The van der Waals surface area contributed by atoms with Gasteiger partial charge in [0.25, 0.3) is 0 Å². The third-order valence-electron chi connectivity index (χ3n) is 7.44. The molecule has 1 N–H and O–H groups in total. The van der Waals surface area contributed by atoms with Crippen molar-refractivity contribution in [3.05, 3.63) is 11.8 Å². The molecule has 9 heteroatoms. The number of nitrogens with zero attached hydrogens (tertiary/aromatic N) is 2. The van der Waals surface area contributed by atoms with Gasteiger partial charge in [-0.1, -0.05) is 45.2 Å². The zero-order valence-corrected chi connectivity index (χ0v) is 19.9. The molecular weight excluding hydrogens is 418 g/mol. The fraction of sp³-hybridized carbons (Fsp3) is 0.773. The molecule has 1 amide bonds. The molecule has 0 spiro atoms. The van der Waals surface area contributed by atoms with Crippen LogP contribution in [-0.4, -0.2) is 48.4 Å². The molecule has 0 aromatic carbocycles. The second kappa shape index (κ2) is 9.02. The van der Waals surface area contributed by atoms with E-state index in [0.717, 1.165) is 25.7 Å². The second-order valence-electron chi connectivity index (χ2n) is 9.69. The third-order valence-corrected chi connectivity index (χ3v) is 9.39. The number of anilines is 1. The summed E-state index contributed by atoms with van der Waals surface area (Å²) in [5.74, 6) is 0.433. The van der Waals surface area contributed by atoms with Crippen molar-refractivity contribution >= 4 is 27.5 Å². The van der Waals surface area contributed by atoms with Crippen LogP contribution in [0, 0.1) is 23.7 Å². The van der Waals surface area contributed by atoms with Crippen molar-refractivity contribution in [3.63, 3.8) is 0 Å². The first-order chi connectivity index (χ1) is 14.5. The summed E-state index contributed by atoms with van der Waals surface area (Å²) < 4.78 is 33.2. The van der Waals surface area contributed by atoms with Gasteiger partial charge < -0.3 is 9.84 Å². The normalized spacial score (nSPS) is 24.8. The summed E-state index contributed by atoms with van der Waals surface area (Å²) in [7, 11) is -3.82. The van der Waals surface area contributed by atoms with Crippen LogP contribution in [0.1, 0.15) is 71.5 Å². The summed E-state index contributed by atoms with van der Waals surface area (Å²) in [6, 6.07) is 1.58. The van der Waals surface area contributed by atoms with Gasteiger partial charge in [0, 0.05) is 24.4 Å². The molecule has 0 radical (unpaired) electrons. The Morgan fingerprint density at radius 1 is 1.32 bits per heavy atom. The topological polar surface area (TPSA) is 110 Å². The quantitative estimate of drug-likeness (QED) is 0.513. The molecule has 0 saturated heterocycles. The predicted molar refractivity (Wildman–Crippen MR) is 118 cm³/mol. The Hall–Kier alpha value is -1.74. The molecular formula is C22H35N3O5S. The molecule has 0 aliphatic heterocycles. The van der Waals surface area contributed by atoms with E-state index in [4.69, 9.17) is 4.52 Å². The molecule has 8 nitrogen and oxygen atoms in total. The van der Waals surface area contributed by atoms with E-state index in [1.54, 1.807) is 13.0 Å². The molecule has 2 atom stereocenters. The first kappa shape index (κ1) is 23.9. The Bertz CT molecular complexity index is 923. The summed E-state index contributed by atoms with van der Waals surface area (Å²) in [5.41, 5.74) is -1.19. The molecule has 2 unspecified atom stereocenters. The number of hydrogen-bond donors (Lipinski definition) is 1. The maximum absolute atomic E-state index is 13.5. The highest BCUT2D eigenvalue weighted by atomic mass is 32.2. The molecule has 2 aliphatic carbocycles. The average Bonchev–Trinajstić information content (AvgIpc) is 3.24. The fourth-order valence-corrected chi connectivity index (χ4v) is 7.51. The van der Waals surface area contributed by atoms with Crippen LogP contribution in [0.4, 0.5) is 5.82 Å². The predicted octanol–water partition coefficient (Wildman–Crippen LogP) is 3.53. The zero-order chi connectivity index (χ0) is 22.9. The highest BCUT2D eigenvalue weighted by Gasteiger charge is 2.65. The average molecular weight is 454 g/mol. The summed E-state index contributed by atoms with van der Waals surface area (Å²) in [4.78, 5) is 25.4. The number of Topliss-reactive ketones (excluding diaryl/α,β-unsaturated/α-hetero) is 1. The van der Waals surface area contributed by atoms with E-state index in [9.17, 15) is 18.0 Å². The van der Waals surface area contributed by atoms with Crippen molar-refractivity contribution in [2.45, 2.75) is 72.6 Å². The third kappa shape index (κ3) is 4.72. The van der Waals surface area contributed by atoms with Crippen LogP contribution >= 0.6 is 0 Å². The second-order valence-corrected chi connectivity index (χ2v) is 11.7. The van der Waals surface area contributed by atoms with Crippen molar-refractivity contribution in [1.82, 2.24) is 9.46 Å². The van der Waals surface area contributed by atoms with Crippen molar-refractivity contribution in [1.29, 1.82) is 0 Å². The lowest BCUT2D eigenvalue weighted by atomic mass is 9.70. The molecule has 1 heterocycles. The van der Waals surface area contributed by atoms with Crippen molar-refractivity contribution in [3.8, 4) is 0 Å². The lowest BCUT2D eigenvalue weighted by Gasteiger charge is -2.37. The van der Waals surface area contributed by atoms with E-state index in [2.05, 4.69) is 17.4 Å². The standard InChI is InChI=1S/C22H35N3O5S/c1-5-6-7-8-11-25(14-20(27)23-19-12-16(2)30-24-19)31(28,29)15-22-10-9-17(13-18(22)26)21(22,3)4/h12,17H,5-11,13-15H2,1-4H3,(H,23,24,27). The van der Waals surface area contributed by atoms with Crippen LogP contribution in [0.3, 0.4) is 0 Å². The molecule has 31 heavy (non-hydrogen) atoms.